The van der Waals surface area contributed by atoms with Crippen molar-refractivity contribution < 1.29 is 0 Å². The van der Waals surface area contributed by atoms with Crippen LogP contribution in [-0.2, 0) is 0 Å². The van der Waals surface area contributed by atoms with Crippen LogP contribution < -0.4 is 5.32 Å². The van der Waals surface area contributed by atoms with E-state index in [2.05, 4.69) is 26.1 Å². The molecule has 0 aromatic heterocycles. The van der Waals surface area contributed by atoms with Crippen molar-refractivity contribution in [1.82, 2.24) is 0 Å². The van der Waals surface area contributed by atoms with Gasteiger partial charge < -0.3 is 5.32 Å². The Morgan fingerprint density at radius 2 is 1.58 bits per heavy atom. The van der Waals surface area contributed by atoms with Crippen molar-refractivity contribution in [2.45, 2.75) is 26.3 Å². The van der Waals surface area contributed by atoms with E-state index >= 15 is 0 Å². The summed E-state index contributed by atoms with van der Waals surface area (Å²) in [4.78, 5) is 0. The summed E-state index contributed by atoms with van der Waals surface area (Å²) < 4.78 is 0. The molecule has 0 radical (unpaired) electrons. The molecular formula is C10H14ClN. The van der Waals surface area contributed by atoms with Gasteiger partial charge in [-0.2, -0.15) is 0 Å². The number of benzene rings is 1. The van der Waals surface area contributed by atoms with E-state index in [1.807, 2.05) is 24.3 Å². The molecule has 0 amide bonds. The zero-order valence-electron chi connectivity index (χ0n) is 7.69. The first-order valence-corrected chi connectivity index (χ1v) is 4.39. The van der Waals surface area contributed by atoms with Crippen molar-refractivity contribution in [2.24, 2.45) is 0 Å². The SMILES string of the molecule is CC(C)(C)Nc1ccc(Cl)cc1. The molecule has 1 aromatic rings. The van der Waals surface area contributed by atoms with Gasteiger partial charge in [0.2, 0.25) is 0 Å². The van der Waals surface area contributed by atoms with Crippen molar-refractivity contribution in [2.75, 3.05) is 5.32 Å². The Morgan fingerprint density at radius 3 is 2.00 bits per heavy atom. The number of anilines is 1. The van der Waals surface area contributed by atoms with Crippen LogP contribution in [0.25, 0.3) is 0 Å². The molecular weight excluding hydrogens is 170 g/mol. The second-order valence-corrected chi connectivity index (χ2v) is 4.32. The highest BCUT2D eigenvalue weighted by Gasteiger charge is 2.08. The normalized spacial score (nSPS) is 11.3. The van der Waals surface area contributed by atoms with E-state index in [0.29, 0.717) is 0 Å². The lowest BCUT2D eigenvalue weighted by molar-refractivity contribution is 0.634. The Labute approximate surface area is 78.7 Å². The molecule has 0 aliphatic rings. The summed E-state index contributed by atoms with van der Waals surface area (Å²) in [5, 5.41) is 4.12. The van der Waals surface area contributed by atoms with Gasteiger partial charge in [-0.15, -0.1) is 0 Å². The largest absolute Gasteiger partial charge is 0.380 e. The van der Waals surface area contributed by atoms with Gasteiger partial charge in [0.25, 0.3) is 0 Å². The fourth-order valence-electron chi connectivity index (χ4n) is 0.966. The van der Waals surface area contributed by atoms with Gasteiger partial charge in [0, 0.05) is 16.2 Å². The summed E-state index contributed by atoms with van der Waals surface area (Å²) in [6.07, 6.45) is 0. The van der Waals surface area contributed by atoms with Crippen LogP contribution in [0.15, 0.2) is 24.3 Å². The summed E-state index contributed by atoms with van der Waals surface area (Å²) in [6, 6.07) is 7.73. The third kappa shape index (κ3) is 3.14. The Morgan fingerprint density at radius 1 is 1.08 bits per heavy atom. The van der Waals surface area contributed by atoms with Gasteiger partial charge in [-0.1, -0.05) is 11.6 Å². The van der Waals surface area contributed by atoms with Gasteiger partial charge in [0.05, 0.1) is 0 Å². The maximum absolute atomic E-state index is 5.76. The van der Waals surface area contributed by atoms with Crippen molar-refractivity contribution in [3.63, 3.8) is 0 Å². The third-order valence-corrected chi connectivity index (χ3v) is 1.62. The fraction of sp³-hybridized carbons (Fsp3) is 0.400. The molecule has 2 heteroatoms. The van der Waals surface area contributed by atoms with Crippen LogP contribution in [0, 0.1) is 0 Å². The van der Waals surface area contributed by atoms with Gasteiger partial charge in [-0.05, 0) is 45.0 Å². The lowest BCUT2D eigenvalue weighted by atomic mass is 10.1. The van der Waals surface area contributed by atoms with E-state index < -0.39 is 0 Å². The van der Waals surface area contributed by atoms with Crippen molar-refractivity contribution in [3.05, 3.63) is 29.3 Å². The summed E-state index contributed by atoms with van der Waals surface area (Å²) in [7, 11) is 0. The molecule has 66 valence electrons. The highest BCUT2D eigenvalue weighted by Crippen LogP contribution is 2.17. The molecule has 0 atom stereocenters. The van der Waals surface area contributed by atoms with E-state index in [1.165, 1.54) is 0 Å². The molecule has 0 saturated heterocycles. The molecule has 0 saturated carbocycles. The molecule has 1 N–H and O–H groups in total. The zero-order chi connectivity index (χ0) is 9.19. The predicted molar refractivity (Wildman–Crippen MR) is 54.8 cm³/mol. The highest BCUT2D eigenvalue weighted by molar-refractivity contribution is 6.30. The molecule has 0 unspecified atom stereocenters. The average molecular weight is 184 g/mol. The first kappa shape index (κ1) is 9.40. The fourth-order valence-corrected chi connectivity index (χ4v) is 1.09. The topological polar surface area (TPSA) is 12.0 Å². The van der Waals surface area contributed by atoms with Crippen LogP contribution in [0.1, 0.15) is 20.8 Å². The predicted octanol–water partition coefficient (Wildman–Crippen LogP) is 3.55. The minimum Gasteiger partial charge on any atom is -0.380 e. The van der Waals surface area contributed by atoms with Crippen molar-refractivity contribution in [1.29, 1.82) is 0 Å². The van der Waals surface area contributed by atoms with E-state index in [4.69, 9.17) is 11.6 Å². The lowest BCUT2D eigenvalue weighted by Gasteiger charge is -2.21. The number of nitrogens with one attached hydrogen (secondary N) is 1. The van der Waals surface area contributed by atoms with Crippen LogP contribution >= 0.6 is 11.6 Å². The second kappa shape index (κ2) is 3.36. The second-order valence-electron chi connectivity index (χ2n) is 3.88. The maximum Gasteiger partial charge on any atom is 0.0407 e. The number of halogens is 1. The number of hydrogen-bond acceptors (Lipinski definition) is 1. The number of hydrogen-bond donors (Lipinski definition) is 1. The Hall–Kier alpha value is -0.690. The van der Waals surface area contributed by atoms with Gasteiger partial charge in [0.15, 0.2) is 0 Å². The quantitative estimate of drug-likeness (QED) is 0.702. The molecule has 0 bridgehead atoms. The Balaban J connectivity index is 2.71. The molecule has 0 aliphatic heterocycles. The molecule has 0 aliphatic carbocycles. The minimum absolute atomic E-state index is 0.105. The zero-order valence-corrected chi connectivity index (χ0v) is 8.44. The smallest absolute Gasteiger partial charge is 0.0407 e. The first-order chi connectivity index (χ1) is 5.47. The maximum atomic E-state index is 5.76. The monoisotopic (exact) mass is 183 g/mol. The molecule has 0 spiro atoms. The third-order valence-electron chi connectivity index (χ3n) is 1.36. The molecule has 1 aromatic carbocycles. The summed E-state index contributed by atoms with van der Waals surface area (Å²) in [5.74, 6) is 0. The van der Waals surface area contributed by atoms with Crippen LogP contribution in [0.2, 0.25) is 5.02 Å². The average Bonchev–Trinajstić information content (AvgIpc) is 1.91. The van der Waals surface area contributed by atoms with Crippen molar-refractivity contribution >= 4 is 17.3 Å². The minimum atomic E-state index is 0.105. The molecule has 12 heavy (non-hydrogen) atoms. The van der Waals surface area contributed by atoms with E-state index in [-0.39, 0.29) is 5.54 Å². The molecule has 1 rings (SSSR count). The summed E-state index contributed by atoms with van der Waals surface area (Å²) in [6.45, 7) is 6.38. The van der Waals surface area contributed by atoms with E-state index in [0.717, 1.165) is 10.7 Å². The van der Waals surface area contributed by atoms with Crippen molar-refractivity contribution in [3.8, 4) is 0 Å². The first-order valence-electron chi connectivity index (χ1n) is 4.01. The van der Waals surface area contributed by atoms with Gasteiger partial charge >= 0.3 is 0 Å². The van der Waals surface area contributed by atoms with Crippen LogP contribution in [-0.4, -0.2) is 5.54 Å². The van der Waals surface area contributed by atoms with Crippen LogP contribution in [0.5, 0.6) is 0 Å². The van der Waals surface area contributed by atoms with Crippen LogP contribution in [0.3, 0.4) is 0 Å². The Bertz CT molecular complexity index is 246. The van der Waals surface area contributed by atoms with E-state index in [9.17, 15) is 0 Å². The lowest BCUT2D eigenvalue weighted by Crippen LogP contribution is -2.25. The molecule has 0 heterocycles. The Kier molecular flexibility index (Phi) is 2.63. The van der Waals surface area contributed by atoms with Gasteiger partial charge in [-0.3, -0.25) is 0 Å². The van der Waals surface area contributed by atoms with Gasteiger partial charge in [-0.25, -0.2) is 0 Å². The summed E-state index contributed by atoms with van der Waals surface area (Å²) in [5.41, 5.74) is 1.21. The molecule has 1 nitrogen and oxygen atoms in total. The van der Waals surface area contributed by atoms with Crippen LogP contribution in [0.4, 0.5) is 5.69 Å². The summed E-state index contributed by atoms with van der Waals surface area (Å²) >= 11 is 5.76. The van der Waals surface area contributed by atoms with E-state index in [1.54, 1.807) is 0 Å². The molecule has 0 fully saturated rings. The number of rotatable bonds is 1. The highest BCUT2D eigenvalue weighted by atomic mass is 35.5. The standard InChI is InChI=1S/C10H14ClN/c1-10(2,3)12-9-6-4-8(11)5-7-9/h4-7,12H,1-3H3. The van der Waals surface area contributed by atoms with Gasteiger partial charge in [0.1, 0.15) is 0 Å².